The second-order valence-electron chi connectivity index (χ2n) is 5.39. The van der Waals surface area contributed by atoms with E-state index in [4.69, 9.17) is 15.2 Å². The Labute approximate surface area is 165 Å². The van der Waals surface area contributed by atoms with Crippen molar-refractivity contribution in [1.82, 2.24) is 4.98 Å². The highest BCUT2D eigenvalue weighted by Gasteiger charge is 2.22. The molecule has 0 aliphatic rings. The second-order valence-corrected chi connectivity index (χ2v) is 6.39. The summed E-state index contributed by atoms with van der Waals surface area (Å²) in [5.41, 5.74) is 9.30. The molecule has 0 fully saturated rings. The lowest BCUT2D eigenvalue weighted by Crippen LogP contribution is -2.25. The predicted molar refractivity (Wildman–Crippen MR) is 105 cm³/mol. The van der Waals surface area contributed by atoms with Crippen molar-refractivity contribution in [2.24, 2.45) is 10.8 Å². The number of amides is 1. The first-order valence-electron chi connectivity index (χ1n) is 8.42. The van der Waals surface area contributed by atoms with Gasteiger partial charge in [0.15, 0.2) is 5.71 Å². The van der Waals surface area contributed by atoms with E-state index in [0.29, 0.717) is 16.9 Å². The van der Waals surface area contributed by atoms with Gasteiger partial charge >= 0.3 is 11.9 Å². The highest BCUT2D eigenvalue weighted by molar-refractivity contribution is 7.16. The average molecular weight is 404 g/mol. The Morgan fingerprint density at radius 1 is 1.11 bits per heavy atom. The molecule has 0 aliphatic carbocycles. The Bertz CT molecular complexity index is 905. The van der Waals surface area contributed by atoms with Crippen molar-refractivity contribution in [3.63, 3.8) is 0 Å². The van der Waals surface area contributed by atoms with Crippen LogP contribution in [0.25, 0.3) is 0 Å². The maximum absolute atomic E-state index is 11.9. The first kappa shape index (κ1) is 21.0. The van der Waals surface area contributed by atoms with Crippen LogP contribution in [0.2, 0.25) is 0 Å². The molecular formula is C18H20N4O5S. The van der Waals surface area contributed by atoms with Gasteiger partial charge in [-0.1, -0.05) is 0 Å². The number of hydrogen-bond acceptors (Lipinski definition) is 9. The third kappa shape index (κ3) is 5.13. The number of benzene rings is 1. The van der Waals surface area contributed by atoms with Crippen LogP contribution in [0.1, 0.15) is 44.6 Å². The van der Waals surface area contributed by atoms with Crippen molar-refractivity contribution in [3.8, 4) is 0 Å². The number of nitrogens with one attached hydrogen (secondary N) is 1. The van der Waals surface area contributed by atoms with Crippen LogP contribution in [0.5, 0.6) is 0 Å². The number of carbonyl (C=O) groups is 3. The van der Waals surface area contributed by atoms with E-state index < -0.39 is 17.8 Å². The van der Waals surface area contributed by atoms with Gasteiger partial charge < -0.3 is 15.2 Å². The van der Waals surface area contributed by atoms with Crippen LogP contribution < -0.4 is 11.2 Å². The van der Waals surface area contributed by atoms with Gasteiger partial charge in [0.2, 0.25) is 0 Å². The Morgan fingerprint density at radius 2 is 1.71 bits per heavy atom. The van der Waals surface area contributed by atoms with Crippen molar-refractivity contribution in [1.29, 1.82) is 0 Å². The molecule has 148 valence electrons. The Kier molecular flexibility index (Phi) is 7.21. The molecule has 1 aromatic carbocycles. The standard InChI is InChI=1S/C18H20N4O5S/c1-4-26-17(24)11-6-8-12(9-7-11)21-22-13(15(19)23)16-20-10(3)14(28-16)18(25)27-5-2/h6-9,21H,4-5H2,1-3H3,(H2,19,23)/b22-13+. The van der Waals surface area contributed by atoms with Crippen LogP contribution in [-0.2, 0) is 14.3 Å². The molecule has 0 radical (unpaired) electrons. The summed E-state index contributed by atoms with van der Waals surface area (Å²) < 4.78 is 9.87. The molecule has 0 saturated heterocycles. The molecule has 0 spiro atoms. The van der Waals surface area contributed by atoms with E-state index in [2.05, 4.69) is 15.5 Å². The summed E-state index contributed by atoms with van der Waals surface area (Å²) in [6, 6.07) is 6.33. The van der Waals surface area contributed by atoms with E-state index >= 15 is 0 Å². The lowest BCUT2D eigenvalue weighted by molar-refractivity contribution is -0.111. The Morgan fingerprint density at radius 3 is 2.29 bits per heavy atom. The lowest BCUT2D eigenvalue weighted by Gasteiger charge is -2.05. The van der Waals surface area contributed by atoms with Crippen LogP contribution in [0, 0.1) is 6.92 Å². The smallest absolute Gasteiger partial charge is 0.350 e. The predicted octanol–water partition coefficient (Wildman–Crippen LogP) is 2.11. The van der Waals surface area contributed by atoms with Crippen molar-refractivity contribution >= 4 is 40.6 Å². The van der Waals surface area contributed by atoms with Crippen LogP contribution in [0.3, 0.4) is 0 Å². The van der Waals surface area contributed by atoms with Gasteiger partial charge in [-0.05, 0) is 45.0 Å². The van der Waals surface area contributed by atoms with E-state index in [-0.39, 0.29) is 28.8 Å². The molecule has 0 saturated carbocycles. The zero-order valence-electron chi connectivity index (χ0n) is 15.6. The fourth-order valence-electron chi connectivity index (χ4n) is 2.11. The molecule has 28 heavy (non-hydrogen) atoms. The molecule has 0 unspecified atom stereocenters. The van der Waals surface area contributed by atoms with Crippen molar-refractivity contribution in [3.05, 3.63) is 45.4 Å². The van der Waals surface area contributed by atoms with E-state index in [1.54, 1.807) is 45.0 Å². The van der Waals surface area contributed by atoms with Gasteiger partial charge in [-0.25, -0.2) is 14.6 Å². The average Bonchev–Trinajstić information content (AvgIpc) is 3.04. The van der Waals surface area contributed by atoms with Gasteiger partial charge in [0.05, 0.1) is 30.2 Å². The Balaban J connectivity index is 2.22. The number of primary amides is 1. The highest BCUT2D eigenvalue weighted by atomic mass is 32.1. The number of esters is 2. The third-order valence-electron chi connectivity index (χ3n) is 3.39. The van der Waals surface area contributed by atoms with E-state index in [1.807, 2.05) is 0 Å². The molecule has 0 bridgehead atoms. The quantitative estimate of drug-likeness (QED) is 0.391. The summed E-state index contributed by atoms with van der Waals surface area (Å²) in [6.45, 7) is 5.56. The van der Waals surface area contributed by atoms with Crippen molar-refractivity contribution in [2.75, 3.05) is 18.6 Å². The number of anilines is 1. The lowest BCUT2D eigenvalue weighted by atomic mass is 10.2. The maximum atomic E-state index is 11.9. The minimum atomic E-state index is -0.806. The SMILES string of the molecule is CCOC(=O)c1ccc(N/N=C(\C(N)=O)c2nc(C)c(C(=O)OCC)s2)cc1. The molecule has 1 heterocycles. The van der Waals surface area contributed by atoms with E-state index in [9.17, 15) is 14.4 Å². The highest BCUT2D eigenvalue weighted by Crippen LogP contribution is 2.20. The number of hydrogen-bond donors (Lipinski definition) is 2. The molecular weight excluding hydrogens is 384 g/mol. The van der Waals surface area contributed by atoms with Gasteiger partial charge in [-0.3, -0.25) is 10.2 Å². The zero-order valence-corrected chi connectivity index (χ0v) is 16.5. The van der Waals surface area contributed by atoms with Crippen LogP contribution >= 0.6 is 11.3 Å². The number of nitrogens with two attached hydrogens (primary N) is 1. The number of ether oxygens (including phenoxy) is 2. The first-order valence-corrected chi connectivity index (χ1v) is 9.24. The first-order chi connectivity index (χ1) is 13.4. The van der Waals surface area contributed by atoms with Gasteiger partial charge in [0, 0.05) is 0 Å². The maximum Gasteiger partial charge on any atom is 0.350 e. The number of aryl methyl sites for hydroxylation is 1. The fraction of sp³-hybridized carbons (Fsp3) is 0.278. The minimum Gasteiger partial charge on any atom is -0.462 e. The van der Waals surface area contributed by atoms with Crippen LogP contribution in [0.4, 0.5) is 5.69 Å². The van der Waals surface area contributed by atoms with E-state index in [0.717, 1.165) is 11.3 Å². The molecule has 1 amide bonds. The minimum absolute atomic E-state index is 0.127. The van der Waals surface area contributed by atoms with Crippen molar-refractivity contribution in [2.45, 2.75) is 20.8 Å². The zero-order chi connectivity index (χ0) is 20.7. The summed E-state index contributed by atoms with van der Waals surface area (Å²) in [7, 11) is 0. The number of rotatable bonds is 8. The topological polar surface area (TPSA) is 133 Å². The van der Waals surface area contributed by atoms with Gasteiger partial charge in [0.1, 0.15) is 9.88 Å². The summed E-state index contributed by atoms with van der Waals surface area (Å²) >= 11 is 0.972. The molecule has 3 N–H and O–H groups in total. The second kappa shape index (κ2) is 9.60. The van der Waals surface area contributed by atoms with E-state index in [1.165, 1.54) is 0 Å². The molecule has 1 aromatic heterocycles. The Hall–Kier alpha value is -3.27. The normalized spacial score (nSPS) is 11.0. The summed E-state index contributed by atoms with van der Waals surface area (Å²) in [6.07, 6.45) is 0. The number of nitrogens with zero attached hydrogens (tertiary/aromatic N) is 2. The molecule has 2 aromatic rings. The monoisotopic (exact) mass is 404 g/mol. The summed E-state index contributed by atoms with van der Waals surface area (Å²) in [5.74, 6) is -1.75. The van der Waals surface area contributed by atoms with Crippen LogP contribution in [0.15, 0.2) is 29.4 Å². The molecule has 10 heteroatoms. The molecule has 0 aliphatic heterocycles. The van der Waals surface area contributed by atoms with Gasteiger partial charge in [-0.2, -0.15) is 5.10 Å². The number of hydrazone groups is 1. The van der Waals surface area contributed by atoms with Crippen LogP contribution in [-0.4, -0.2) is 41.8 Å². The largest absolute Gasteiger partial charge is 0.462 e. The molecule has 0 atom stereocenters. The number of aromatic nitrogens is 1. The number of carbonyl (C=O) groups excluding carboxylic acids is 3. The third-order valence-corrected chi connectivity index (χ3v) is 4.53. The van der Waals surface area contributed by atoms with Gasteiger partial charge in [-0.15, -0.1) is 11.3 Å². The summed E-state index contributed by atoms with van der Waals surface area (Å²) in [5, 5.41) is 4.20. The molecule has 2 rings (SSSR count). The summed E-state index contributed by atoms with van der Waals surface area (Å²) in [4.78, 5) is 39.8. The molecule has 9 nitrogen and oxygen atoms in total. The van der Waals surface area contributed by atoms with Crippen molar-refractivity contribution < 1.29 is 23.9 Å². The fourth-order valence-corrected chi connectivity index (χ4v) is 3.06. The number of thiazole rings is 1. The van der Waals surface area contributed by atoms with Gasteiger partial charge in [0.25, 0.3) is 5.91 Å².